The summed E-state index contributed by atoms with van der Waals surface area (Å²) >= 11 is 0. The van der Waals surface area contributed by atoms with Crippen LogP contribution in [0, 0.1) is 28.6 Å². The molecule has 0 spiro atoms. The Balaban J connectivity index is 3.90. The molecule has 0 aromatic heterocycles. The highest BCUT2D eigenvalue weighted by molar-refractivity contribution is 4.84. The first-order valence-electron chi connectivity index (χ1n) is 4.26. The van der Waals surface area contributed by atoms with E-state index in [-0.39, 0.29) is 5.92 Å². The number of rotatable bonds is 2. The summed E-state index contributed by atoms with van der Waals surface area (Å²) < 4.78 is 0. The van der Waals surface area contributed by atoms with Crippen LogP contribution in [0.3, 0.4) is 0 Å². The van der Waals surface area contributed by atoms with Crippen molar-refractivity contribution in [3.8, 4) is 6.07 Å². The van der Waals surface area contributed by atoms with Gasteiger partial charge in [0.2, 0.25) is 0 Å². The lowest BCUT2D eigenvalue weighted by atomic mass is 9.81. The first kappa shape index (κ1) is 10.5. The zero-order valence-electron chi connectivity index (χ0n) is 8.31. The van der Waals surface area contributed by atoms with E-state index in [1.807, 2.05) is 6.92 Å². The summed E-state index contributed by atoms with van der Waals surface area (Å²) in [6, 6.07) is 2.29. The maximum atomic E-state index is 8.65. The third kappa shape index (κ3) is 4.84. The van der Waals surface area contributed by atoms with Crippen molar-refractivity contribution >= 4 is 0 Å². The summed E-state index contributed by atoms with van der Waals surface area (Å²) in [4.78, 5) is 0. The lowest BCUT2D eigenvalue weighted by molar-refractivity contribution is 0.276. The fourth-order valence-electron chi connectivity index (χ4n) is 1.27. The van der Waals surface area contributed by atoms with Gasteiger partial charge in [-0.15, -0.1) is 0 Å². The van der Waals surface area contributed by atoms with Crippen molar-refractivity contribution in [1.82, 2.24) is 0 Å². The zero-order valence-corrected chi connectivity index (χ0v) is 8.31. The predicted octanol–water partition coefficient (Wildman–Crippen LogP) is 3.22. The van der Waals surface area contributed by atoms with Gasteiger partial charge in [-0.05, 0) is 24.7 Å². The highest BCUT2D eigenvalue weighted by Crippen LogP contribution is 2.27. The summed E-state index contributed by atoms with van der Waals surface area (Å²) in [5.41, 5.74) is 0.352. The molecule has 0 aromatic rings. The van der Waals surface area contributed by atoms with Crippen LogP contribution < -0.4 is 0 Å². The maximum absolute atomic E-state index is 8.65. The Morgan fingerprint density at radius 3 is 2.00 bits per heavy atom. The third-order valence-electron chi connectivity index (χ3n) is 1.99. The zero-order chi connectivity index (χ0) is 9.07. The molecular formula is C10H19N. The molecule has 0 amide bonds. The predicted molar refractivity (Wildman–Crippen MR) is 48.0 cm³/mol. The SMILES string of the molecule is CC(C#N)C(C)CC(C)(C)C. The van der Waals surface area contributed by atoms with E-state index in [0.717, 1.165) is 6.42 Å². The van der Waals surface area contributed by atoms with Gasteiger partial charge >= 0.3 is 0 Å². The second kappa shape index (κ2) is 3.76. The number of hydrogen-bond acceptors (Lipinski definition) is 1. The largest absolute Gasteiger partial charge is 0.198 e. The molecule has 0 fully saturated rings. The van der Waals surface area contributed by atoms with Gasteiger partial charge in [-0.1, -0.05) is 27.7 Å². The molecule has 0 aliphatic carbocycles. The molecule has 0 saturated carbocycles. The molecule has 11 heavy (non-hydrogen) atoms. The number of nitrogens with zero attached hydrogens (tertiary/aromatic N) is 1. The van der Waals surface area contributed by atoms with Gasteiger partial charge in [0.25, 0.3) is 0 Å². The minimum atomic E-state index is 0.189. The second-order valence-electron chi connectivity index (χ2n) is 4.66. The Bertz CT molecular complexity index is 147. The van der Waals surface area contributed by atoms with E-state index >= 15 is 0 Å². The molecule has 0 aromatic carbocycles. The van der Waals surface area contributed by atoms with Crippen LogP contribution in [0.25, 0.3) is 0 Å². The fourth-order valence-corrected chi connectivity index (χ4v) is 1.27. The summed E-state index contributed by atoms with van der Waals surface area (Å²) in [5.74, 6) is 0.703. The van der Waals surface area contributed by atoms with Crippen LogP contribution >= 0.6 is 0 Å². The van der Waals surface area contributed by atoms with Crippen molar-refractivity contribution in [3.05, 3.63) is 0 Å². The van der Waals surface area contributed by atoms with E-state index in [9.17, 15) is 0 Å². The van der Waals surface area contributed by atoms with Gasteiger partial charge in [-0.25, -0.2) is 0 Å². The lowest BCUT2D eigenvalue weighted by Gasteiger charge is -2.24. The van der Waals surface area contributed by atoms with Gasteiger partial charge < -0.3 is 0 Å². The minimum absolute atomic E-state index is 0.189. The summed E-state index contributed by atoms with van der Waals surface area (Å²) in [5, 5.41) is 8.65. The average Bonchev–Trinajstić information content (AvgIpc) is 1.82. The van der Waals surface area contributed by atoms with Crippen LogP contribution in [0.4, 0.5) is 0 Å². The maximum Gasteiger partial charge on any atom is 0.0655 e. The van der Waals surface area contributed by atoms with Crippen molar-refractivity contribution in [2.45, 2.75) is 41.0 Å². The smallest absolute Gasteiger partial charge is 0.0655 e. The van der Waals surface area contributed by atoms with E-state index in [1.165, 1.54) is 0 Å². The quantitative estimate of drug-likeness (QED) is 0.597. The average molecular weight is 153 g/mol. The Hall–Kier alpha value is -0.510. The monoisotopic (exact) mass is 153 g/mol. The van der Waals surface area contributed by atoms with Gasteiger partial charge in [-0.2, -0.15) is 5.26 Å². The number of hydrogen-bond donors (Lipinski definition) is 0. The molecule has 1 nitrogen and oxygen atoms in total. The molecule has 2 unspecified atom stereocenters. The topological polar surface area (TPSA) is 23.8 Å². The van der Waals surface area contributed by atoms with Crippen molar-refractivity contribution in [3.63, 3.8) is 0 Å². The van der Waals surface area contributed by atoms with Gasteiger partial charge in [0, 0.05) is 5.92 Å². The molecule has 0 radical (unpaired) electrons. The molecule has 0 N–H and O–H groups in total. The van der Waals surface area contributed by atoms with E-state index in [0.29, 0.717) is 11.3 Å². The molecule has 0 aliphatic heterocycles. The van der Waals surface area contributed by atoms with Gasteiger partial charge in [-0.3, -0.25) is 0 Å². The van der Waals surface area contributed by atoms with E-state index in [4.69, 9.17) is 5.26 Å². The number of nitriles is 1. The molecular weight excluding hydrogens is 134 g/mol. The van der Waals surface area contributed by atoms with Crippen molar-refractivity contribution in [1.29, 1.82) is 5.26 Å². The van der Waals surface area contributed by atoms with Crippen LogP contribution in [-0.2, 0) is 0 Å². The van der Waals surface area contributed by atoms with Crippen LogP contribution in [0.2, 0.25) is 0 Å². The summed E-state index contributed by atoms with van der Waals surface area (Å²) in [6.45, 7) is 10.8. The van der Waals surface area contributed by atoms with Crippen LogP contribution in [0.15, 0.2) is 0 Å². The Labute approximate surface area is 70.4 Å². The molecule has 0 saturated heterocycles. The van der Waals surface area contributed by atoms with Crippen molar-refractivity contribution < 1.29 is 0 Å². The molecule has 64 valence electrons. The molecule has 0 rings (SSSR count). The third-order valence-corrected chi connectivity index (χ3v) is 1.99. The first-order chi connectivity index (χ1) is 4.87. The standard InChI is InChI=1S/C10H19N/c1-8(9(2)7-11)6-10(3,4)5/h8-9H,6H2,1-5H3. The Morgan fingerprint density at radius 2 is 1.73 bits per heavy atom. The molecule has 1 heteroatoms. The summed E-state index contributed by atoms with van der Waals surface area (Å²) in [6.07, 6.45) is 1.13. The highest BCUT2D eigenvalue weighted by atomic mass is 14.3. The fraction of sp³-hybridized carbons (Fsp3) is 0.900. The molecule has 0 heterocycles. The minimum Gasteiger partial charge on any atom is -0.198 e. The van der Waals surface area contributed by atoms with Crippen LogP contribution in [0.5, 0.6) is 0 Å². The van der Waals surface area contributed by atoms with E-state index < -0.39 is 0 Å². The normalized spacial score (nSPS) is 17.1. The van der Waals surface area contributed by atoms with Crippen LogP contribution in [0.1, 0.15) is 41.0 Å². The second-order valence-corrected chi connectivity index (χ2v) is 4.66. The van der Waals surface area contributed by atoms with Crippen molar-refractivity contribution in [2.24, 2.45) is 17.3 Å². The molecule has 2 atom stereocenters. The van der Waals surface area contributed by atoms with E-state index in [1.54, 1.807) is 0 Å². The van der Waals surface area contributed by atoms with Gasteiger partial charge in [0.05, 0.1) is 6.07 Å². The van der Waals surface area contributed by atoms with E-state index in [2.05, 4.69) is 33.8 Å². The van der Waals surface area contributed by atoms with Crippen molar-refractivity contribution in [2.75, 3.05) is 0 Å². The summed E-state index contributed by atoms with van der Waals surface area (Å²) in [7, 11) is 0. The Morgan fingerprint density at radius 1 is 1.27 bits per heavy atom. The molecule has 0 bridgehead atoms. The Kier molecular flexibility index (Phi) is 3.58. The van der Waals surface area contributed by atoms with Gasteiger partial charge in [0.1, 0.15) is 0 Å². The lowest BCUT2D eigenvalue weighted by Crippen LogP contribution is -2.15. The molecule has 0 aliphatic rings. The first-order valence-corrected chi connectivity index (χ1v) is 4.26. The highest BCUT2D eigenvalue weighted by Gasteiger charge is 2.19. The van der Waals surface area contributed by atoms with Crippen LogP contribution in [-0.4, -0.2) is 0 Å². The van der Waals surface area contributed by atoms with Gasteiger partial charge in [0.15, 0.2) is 0 Å².